The van der Waals surface area contributed by atoms with Crippen LogP contribution in [0, 0.1) is 11.3 Å². The van der Waals surface area contributed by atoms with E-state index in [2.05, 4.69) is 20.6 Å². The van der Waals surface area contributed by atoms with Crippen LogP contribution in [0.2, 0.25) is 5.02 Å². The van der Waals surface area contributed by atoms with Crippen molar-refractivity contribution in [2.24, 2.45) is 0 Å². The monoisotopic (exact) mass is 407 g/mol. The number of aromatic nitrogens is 2. The number of hydrogen-bond acceptors (Lipinski definition) is 6. The number of carbonyl (C=O) groups excluding carboxylic acids is 2. The Morgan fingerprint density at radius 3 is 2.28 bits per heavy atom. The molecule has 1 aromatic heterocycles. The van der Waals surface area contributed by atoms with Crippen LogP contribution in [0.3, 0.4) is 0 Å². The van der Waals surface area contributed by atoms with Crippen molar-refractivity contribution in [3.8, 4) is 17.3 Å². The Bertz CT molecular complexity index is 1180. The molecular weight excluding hydrogens is 394 g/mol. The second-order valence-electron chi connectivity index (χ2n) is 5.97. The van der Waals surface area contributed by atoms with E-state index in [4.69, 9.17) is 11.6 Å². The van der Waals surface area contributed by atoms with Crippen molar-refractivity contribution < 1.29 is 9.59 Å². The van der Waals surface area contributed by atoms with Crippen molar-refractivity contribution >= 4 is 40.6 Å². The van der Waals surface area contributed by atoms with Gasteiger partial charge in [0.1, 0.15) is 11.6 Å². The van der Waals surface area contributed by atoms with E-state index in [1.807, 2.05) is 6.07 Å². The van der Waals surface area contributed by atoms with E-state index in [1.54, 1.807) is 48.5 Å². The summed E-state index contributed by atoms with van der Waals surface area (Å²) >= 11 is 5.86. The number of Topliss-reactive ketones (excluding diaryl/α,β-unsaturated/α-hetero) is 1. The number of nitrogens with zero attached hydrogens (tertiary/aromatic N) is 2. The summed E-state index contributed by atoms with van der Waals surface area (Å²) in [6, 6.07) is 14.9. The topological polar surface area (TPSA) is 128 Å². The summed E-state index contributed by atoms with van der Waals surface area (Å²) in [7, 11) is 0. The van der Waals surface area contributed by atoms with E-state index >= 15 is 0 Å². The molecule has 9 heteroatoms. The number of nitrogens with one attached hydrogen (secondary N) is 3. The van der Waals surface area contributed by atoms with Crippen molar-refractivity contribution in [1.29, 1.82) is 5.26 Å². The SMILES string of the molecule is CC(=O)C(=O)Nc1ccc(-c2nc(Nc3ccc(Cl)cc3)[nH]c(=O)c2C#N)cc1. The molecule has 0 spiro atoms. The van der Waals surface area contributed by atoms with E-state index in [-0.39, 0.29) is 17.2 Å². The second kappa shape index (κ2) is 8.37. The zero-order valence-corrected chi connectivity index (χ0v) is 15.9. The number of nitriles is 1. The maximum Gasteiger partial charge on any atom is 0.291 e. The second-order valence-corrected chi connectivity index (χ2v) is 6.41. The molecule has 0 aliphatic carbocycles. The molecule has 3 rings (SSSR count). The number of aromatic amines is 1. The molecule has 144 valence electrons. The van der Waals surface area contributed by atoms with Crippen LogP contribution in [-0.4, -0.2) is 21.7 Å². The van der Waals surface area contributed by atoms with Crippen molar-refractivity contribution in [3.63, 3.8) is 0 Å². The molecular formula is C20H14ClN5O3. The normalized spacial score (nSPS) is 10.1. The molecule has 0 bridgehead atoms. The first-order valence-corrected chi connectivity index (χ1v) is 8.74. The minimum Gasteiger partial charge on any atom is -0.326 e. The van der Waals surface area contributed by atoms with Gasteiger partial charge in [0.25, 0.3) is 11.5 Å². The first-order chi connectivity index (χ1) is 13.9. The fourth-order valence-corrected chi connectivity index (χ4v) is 2.57. The fourth-order valence-electron chi connectivity index (χ4n) is 2.45. The minimum absolute atomic E-state index is 0.146. The van der Waals surface area contributed by atoms with Crippen molar-refractivity contribution in [2.75, 3.05) is 10.6 Å². The molecule has 0 saturated carbocycles. The third kappa shape index (κ3) is 4.66. The summed E-state index contributed by atoms with van der Waals surface area (Å²) in [6.07, 6.45) is 0. The third-order valence-corrected chi connectivity index (χ3v) is 4.13. The Kier molecular flexibility index (Phi) is 5.71. The molecule has 0 unspecified atom stereocenters. The van der Waals surface area contributed by atoms with Gasteiger partial charge in [-0.1, -0.05) is 23.7 Å². The van der Waals surface area contributed by atoms with Gasteiger partial charge < -0.3 is 10.6 Å². The maximum absolute atomic E-state index is 12.3. The van der Waals surface area contributed by atoms with Gasteiger partial charge in [-0.2, -0.15) is 5.26 Å². The number of rotatable bonds is 5. The van der Waals surface area contributed by atoms with E-state index in [9.17, 15) is 19.6 Å². The van der Waals surface area contributed by atoms with Gasteiger partial charge in [-0.15, -0.1) is 0 Å². The molecule has 0 aliphatic rings. The number of hydrogen-bond donors (Lipinski definition) is 3. The average molecular weight is 408 g/mol. The number of halogens is 1. The molecule has 0 radical (unpaired) electrons. The summed E-state index contributed by atoms with van der Waals surface area (Å²) in [5, 5.41) is 15.3. The third-order valence-electron chi connectivity index (χ3n) is 3.87. The van der Waals surface area contributed by atoms with E-state index in [1.165, 1.54) is 0 Å². The van der Waals surface area contributed by atoms with Gasteiger partial charge in [-0.05, 0) is 36.4 Å². The highest BCUT2D eigenvalue weighted by molar-refractivity contribution is 6.39. The zero-order valence-electron chi connectivity index (χ0n) is 15.1. The summed E-state index contributed by atoms with van der Waals surface area (Å²) in [4.78, 5) is 41.7. The van der Waals surface area contributed by atoms with Gasteiger partial charge in [0.15, 0.2) is 0 Å². The lowest BCUT2D eigenvalue weighted by Gasteiger charge is -2.10. The average Bonchev–Trinajstić information content (AvgIpc) is 2.70. The quantitative estimate of drug-likeness (QED) is 0.557. The molecule has 3 N–H and O–H groups in total. The molecule has 0 saturated heterocycles. The summed E-state index contributed by atoms with van der Waals surface area (Å²) in [5.74, 6) is -1.20. The lowest BCUT2D eigenvalue weighted by atomic mass is 10.1. The number of ketones is 1. The van der Waals surface area contributed by atoms with E-state index in [0.29, 0.717) is 22.0 Å². The van der Waals surface area contributed by atoms with Gasteiger partial charge in [0, 0.05) is 28.9 Å². The predicted molar refractivity (Wildman–Crippen MR) is 109 cm³/mol. The largest absolute Gasteiger partial charge is 0.326 e. The van der Waals surface area contributed by atoms with E-state index < -0.39 is 17.2 Å². The molecule has 29 heavy (non-hydrogen) atoms. The van der Waals surface area contributed by atoms with Gasteiger partial charge in [0.05, 0.1) is 5.69 Å². The van der Waals surface area contributed by atoms with Crippen molar-refractivity contribution in [1.82, 2.24) is 9.97 Å². The standard InChI is InChI=1S/C20H14ClN5O3/c1-11(27)18(28)23-14-6-2-12(3-7-14)17-16(10-22)19(29)26-20(25-17)24-15-8-4-13(21)5-9-15/h2-9H,1H3,(H,23,28)(H2,24,25,26,29). The first-order valence-electron chi connectivity index (χ1n) is 8.36. The highest BCUT2D eigenvalue weighted by Crippen LogP contribution is 2.23. The summed E-state index contributed by atoms with van der Waals surface area (Å²) in [6.45, 7) is 1.16. The number of amides is 1. The lowest BCUT2D eigenvalue weighted by Crippen LogP contribution is -2.19. The van der Waals surface area contributed by atoms with Gasteiger partial charge in [-0.3, -0.25) is 19.4 Å². The van der Waals surface area contributed by atoms with Crippen LogP contribution < -0.4 is 16.2 Å². The van der Waals surface area contributed by atoms with Crippen molar-refractivity contribution in [3.05, 3.63) is 69.5 Å². The van der Waals surface area contributed by atoms with Crippen LogP contribution in [0.4, 0.5) is 17.3 Å². The van der Waals surface area contributed by atoms with Gasteiger partial charge >= 0.3 is 0 Å². The number of anilines is 3. The maximum atomic E-state index is 12.3. The first kappa shape index (κ1) is 19.8. The zero-order chi connectivity index (χ0) is 21.0. The predicted octanol–water partition coefficient (Wildman–Crippen LogP) is 3.23. The number of carbonyl (C=O) groups is 2. The Labute approximate surface area is 170 Å². The summed E-state index contributed by atoms with van der Waals surface area (Å²) in [5.41, 5.74) is 0.979. The molecule has 2 aromatic carbocycles. The van der Waals surface area contributed by atoms with Crippen LogP contribution in [0.15, 0.2) is 53.3 Å². The van der Waals surface area contributed by atoms with Crippen LogP contribution in [0.25, 0.3) is 11.3 Å². The van der Waals surface area contributed by atoms with Gasteiger partial charge in [-0.25, -0.2) is 4.98 Å². The Balaban J connectivity index is 1.95. The molecule has 0 atom stereocenters. The smallest absolute Gasteiger partial charge is 0.291 e. The fraction of sp³-hybridized carbons (Fsp3) is 0.0500. The van der Waals surface area contributed by atoms with Crippen LogP contribution in [-0.2, 0) is 9.59 Å². The van der Waals surface area contributed by atoms with Crippen LogP contribution in [0.5, 0.6) is 0 Å². The Morgan fingerprint density at radius 2 is 1.69 bits per heavy atom. The molecule has 1 heterocycles. The Hall–Kier alpha value is -3.96. The summed E-state index contributed by atoms with van der Waals surface area (Å²) < 4.78 is 0. The minimum atomic E-state index is -0.737. The lowest BCUT2D eigenvalue weighted by molar-refractivity contribution is -0.133. The number of benzene rings is 2. The van der Waals surface area contributed by atoms with Crippen LogP contribution in [0.1, 0.15) is 12.5 Å². The highest BCUT2D eigenvalue weighted by Gasteiger charge is 2.14. The number of H-pyrrole nitrogens is 1. The van der Waals surface area contributed by atoms with Crippen LogP contribution >= 0.6 is 11.6 Å². The van der Waals surface area contributed by atoms with E-state index in [0.717, 1.165) is 6.92 Å². The Morgan fingerprint density at radius 1 is 1.07 bits per heavy atom. The molecule has 0 fully saturated rings. The van der Waals surface area contributed by atoms with Crippen molar-refractivity contribution in [2.45, 2.75) is 6.92 Å². The highest BCUT2D eigenvalue weighted by atomic mass is 35.5. The van der Waals surface area contributed by atoms with Gasteiger partial charge in [0.2, 0.25) is 11.7 Å². The molecule has 1 amide bonds. The molecule has 3 aromatic rings. The molecule has 0 aliphatic heterocycles. The molecule has 8 nitrogen and oxygen atoms in total.